The van der Waals surface area contributed by atoms with Gasteiger partial charge in [-0.05, 0) is 30.9 Å². The lowest BCUT2D eigenvalue weighted by atomic mass is 9.87. The van der Waals surface area contributed by atoms with Gasteiger partial charge in [0, 0.05) is 12.1 Å². The molecule has 0 fully saturated rings. The molecule has 0 aliphatic heterocycles. The van der Waals surface area contributed by atoms with Crippen molar-refractivity contribution in [2.75, 3.05) is 20.8 Å². The maximum atomic E-state index is 11.2. The Kier molecular flexibility index (Phi) is 7.02. The van der Waals surface area contributed by atoms with Crippen molar-refractivity contribution in [1.29, 1.82) is 0 Å². The highest BCUT2D eigenvalue weighted by Crippen LogP contribution is 2.33. The predicted molar refractivity (Wildman–Crippen MR) is 81.8 cm³/mol. The summed E-state index contributed by atoms with van der Waals surface area (Å²) in [6, 6.07) is 5.66. The molecule has 0 radical (unpaired) electrons. The van der Waals surface area contributed by atoms with Gasteiger partial charge in [0.2, 0.25) is 0 Å². The lowest BCUT2D eigenvalue weighted by molar-refractivity contribution is -0.142. The van der Waals surface area contributed by atoms with E-state index in [0.29, 0.717) is 12.8 Å². The summed E-state index contributed by atoms with van der Waals surface area (Å²) in [6.07, 6.45) is 2.15. The summed E-state index contributed by atoms with van der Waals surface area (Å²) in [5.74, 6) is 0.429. The van der Waals surface area contributed by atoms with Gasteiger partial charge in [-0.3, -0.25) is 4.79 Å². The average molecular weight is 295 g/mol. The second kappa shape index (κ2) is 8.52. The molecule has 1 rings (SSSR count). The van der Waals surface area contributed by atoms with Gasteiger partial charge in [0.05, 0.1) is 20.1 Å². The Morgan fingerprint density at radius 3 is 2.24 bits per heavy atom. The molecule has 0 spiro atoms. The van der Waals surface area contributed by atoms with Crippen LogP contribution < -0.4 is 15.2 Å². The molecule has 0 aromatic heterocycles. The number of rotatable bonds is 9. The van der Waals surface area contributed by atoms with Crippen LogP contribution in [0.4, 0.5) is 0 Å². The molecule has 1 aromatic carbocycles. The van der Waals surface area contributed by atoms with E-state index in [9.17, 15) is 4.79 Å². The molecular weight excluding hydrogens is 270 g/mol. The summed E-state index contributed by atoms with van der Waals surface area (Å²) in [7, 11) is 3.25. The molecule has 0 saturated carbocycles. The SMILES string of the molecule is CCC(Cc1c(OC)cccc1OC)CC(CN)C(=O)O. The number of hydrogen-bond donors (Lipinski definition) is 2. The van der Waals surface area contributed by atoms with Crippen molar-refractivity contribution < 1.29 is 19.4 Å². The lowest BCUT2D eigenvalue weighted by Crippen LogP contribution is -2.26. The normalized spacial score (nSPS) is 13.5. The number of nitrogens with two attached hydrogens (primary N) is 1. The molecule has 21 heavy (non-hydrogen) atoms. The topological polar surface area (TPSA) is 81.8 Å². The number of carboxylic acids is 1. The summed E-state index contributed by atoms with van der Waals surface area (Å²) in [5.41, 5.74) is 6.53. The van der Waals surface area contributed by atoms with Crippen molar-refractivity contribution in [2.24, 2.45) is 17.6 Å². The molecule has 5 heteroatoms. The zero-order valence-corrected chi connectivity index (χ0v) is 13.0. The van der Waals surface area contributed by atoms with E-state index in [1.807, 2.05) is 18.2 Å². The number of hydrogen-bond acceptors (Lipinski definition) is 4. The van der Waals surface area contributed by atoms with Crippen LogP contribution in [-0.2, 0) is 11.2 Å². The van der Waals surface area contributed by atoms with Gasteiger partial charge < -0.3 is 20.3 Å². The Balaban J connectivity index is 2.93. The molecule has 0 aliphatic rings. The summed E-state index contributed by atoms with van der Waals surface area (Å²) in [6.45, 7) is 2.22. The minimum Gasteiger partial charge on any atom is -0.496 e. The van der Waals surface area contributed by atoms with E-state index < -0.39 is 11.9 Å². The summed E-state index contributed by atoms with van der Waals surface area (Å²) < 4.78 is 10.8. The van der Waals surface area contributed by atoms with E-state index >= 15 is 0 Å². The highest BCUT2D eigenvalue weighted by molar-refractivity contribution is 5.70. The number of carboxylic acid groups (broad SMARTS) is 1. The van der Waals surface area contributed by atoms with Crippen molar-refractivity contribution in [2.45, 2.75) is 26.2 Å². The number of methoxy groups -OCH3 is 2. The van der Waals surface area contributed by atoms with Gasteiger partial charge in [-0.15, -0.1) is 0 Å². The molecule has 1 aromatic rings. The first-order valence-electron chi connectivity index (χ1n) is 7.20. The first kappa shape index (κ1) is 17.3. The van der Waals surface area contributed by atoms with Gasteiger partial charge in [0.1, 0.15) is 11.5 Å². The van der Waals surface area contributed by atoms with Crippen LogP contribution in [0.5, 0.6) is 11.5 Å². The Labute approximate surface area is 126 Å². The van der Waals surface area contributed by atoms with Crippen LogP contribution in [-0.4, -0.2) is 31.8 Å². The third kappa shape index (κ3) is 4.63. The molecule has 0 amide bonds. The van der Waals surface area contributed by atoms with Crippen LogP contribution in [0.15, 0.2) is 18.2 Å². The molecular formula is C16H25NO4. The second-order valence-electron chi connectivity index (χ2n) is 5.13. The fraction of sp³-hybridized carbons (Fsp3) is 0.562. The fourth-order valence-electron chi connectivity index (χ4n) is 2.51. The van der Waals surface area contributed by atoms with Crippen molar-refractivity contribution in [3.8, 4) is 11.5 Å². The van der Waals surface area contributed by atoms with Crippen molar-refractivity contribution in [1.82, 2.24) is 0 Å². The smallest absolute Gasteiger partial charge is 0.307 e. The second-order valence-corrected chi connectivity index (χ2v) is 5.13. The van der Waals surface area contributed by atoms with Crippen molar-refractivity contribution in [3.05, 3.63) is 23.8 Å². The van der Waals surface area contributed by atoms with Crippen LogP contribution in [0, 0.1) is 11.8 Å². The third-order valence-corrected chi connectivity index (χ3v) is 3.85. The standard InChI is InChI=1S/C16H25NO4/c1-4-11(8-12(10-17)16(18)19)9-13-14(20-2)6-5-7-15(13)21-3/h5-7,11-12H,4,8-10,17H2,1-3H3,(H,18,19). The van der Waals surface area contributed by atoms with E-state index in [1.165, 1.54) is 0 Å². The molecule has 3 N–H and O–H groups in total. The molecule has 5 nitrogen and oxygen atoms in total. The largest absolute Gasteiger partial charge is 0.496 e. The minimum absolute atomic E-state index is 0.162. The maximum absolute atomic E-state index is 11.2. The minimum atomic E-state index is -0.831. The molecule has 0 heterocycles. The molecule has 0 aliphatic carbocycles. The van der Waals surface area contributed by atoms with Gasteiger partial charge in [-0.25, -0.2) is 0 Å². The first-order valence-corrected chi connectivity index (χ1v) is 7.20. The van der Waals surface area contributed by atoms with Crippen LogP contribution in [0.1, 0.15) is 25.3 Å². The van der Waals surface area contributed by atoms with Crippen LogP contribution >= 0.6 is 0 Å². The Hall–Kier alpha value is -1.75. The number of carbonyl (C=O) groups is 1. The van der Waals surface area contributed by atoms with Gasteiger partial charge in [0.15, 0.2) is 0 Å². The zero-order valence-electron chi connectivity index (χ0n) is 13.0. The monoisotopic (exact) mass is 295 g/mol. The number of ether oxygens (including phenoxy) is 2. The zero-order chi connectivity index (χ0) is 15.8. The maximum Gasteiger partial charge on any atom is 0.307 e. The van der Waals surface area contributed by atoms with Gasteiger partial charge in [-0.1, -0.05) is 19.4 Å². The molecule has 0 bridgehead atoms. The Bertz CT molecular complexity index is 439. The van der Waals surface area contributed by atoms with Crippen LogP contribution in [0.2, 0.25) is 0 Å². The highest BCUT2D eigenvalue weighted by atomic mass is 16.5. The summed E-state index contributed by atoms with van der Waals surface area (Å²) >= 11 is 0. The molecule has 0 saturated heterocycles. The highest BCUT2D eigenvalue weighted by Gasteiger charge is 2.22. The van der Waals surface area contributed by atoms with E-state index in [0.717, 1.165) is 23.5 Å². The Morgan fingerprint density at radius 2 is 1.86 bits per heavy atom. The summed E-state index contributed by atoms with van der Waals surface area (Å²) in [4.78, 5) is 11.2. The van der Waals surface area contributed by atoms with Crippen molar-refractivity contribution >= 4 is 5.97 Å². The molecule has 2 unspecified atom stereocenters. The molecule has 118 valence electrons. The van der Waals surface area contributed by atoms with Crippen LogP contribution in [0.3, 0.4) is 0 Å². The fourth-order valence-corrected chi connectivity index (χ4v) is 2.51. The van der Waals surface area contributed by atoms with Crippen LogP contribution in [0.25, 0.3) is 0 Å². The average Bonchev–Trinajstić information content (AvgIpc) is 2.50. The van der Waals surface area contributed by atoms with E-state index in [1.54, 1.807) is 14.2 Å². The third-order valence-electron chi connectivity index (χ3n) is 3.85. The van der Waals surface area contributed by atoms with Gasteiger partial charge in [0.25, 0.3) is 0 Å². The van der Waals surface area contributed by atoms with Crippen molar-refractivity contribution in [3.63, 3.8) is 0 Å². The first-order chi connectivity index (χ1) is 10.1. The quantitative estimate of drug-likeness (QED) is 0.730. The number of aliphatic carboxylic acids is 1. The predicted octanol–water partition coefficient (Wildman–Crippen LogP) is 2.32. The summed E-state index contributed by atoms with van der Waals surface area (Å²) in [5, 5.41) is 9.16. The van der Waals surface area contributed by atoms with E-state index in [-0.39, 0.29) is 12.5 Å². The van der Waals surface area contributed by atoms with E-state index in [2.05, 4.69) is 6.92 Å². The number of benzene rings is 1. The van der Waals surface area contributed by atoms with Gasteiger partial charge in [-0.2, -0.15) is 0 Å². The Morgan fingerprint density at radius 1 is 1.29 bits per heavy atom. The molecule has 2 atom stereocenters. The van der Waals surface area contributed by atoms with Gasteiger partial charge >= 0.3 is 5.97 Å². The van der Waals surface area contributed by atoms with E-state index in [4.69, 9.17) is 20.3 Å². The lowest BCUT2D eigenvalue weighted by Gasteiger charge is -2.21.